The van der Waals surface area contributed by atoms with Crippen molar-refractivity contribution < 1.29 is 9.15 Å². The molecule has 3 rings (SSSR count). The number of ether oxygens (including phenoxy) is 1. The molecule has 2 fully saturated rings. The minimum Gasteiger partial charge on any atom is -0.468 e. The van der Waals surface area contributed by atoms with E-state index in [-0.39, 0.29) is 11.6 Å². The zero-order valence-electron chi connectivity index (χ0n) is 10.6. The monoisotopic (exact) mass is 267 g/mol. The predicted octanol–water partition coefficient (Wildman–Crippen LogP) is 2.97. The Morgan fingerprint density at radius 2 is 2.22 bits per heavy atom. The normalized spacial score (nSPS) is 29.3. The van der Waals surface area contributed by atoms with Crippen molar-refractivity contribution in [1.82, 2.24) is 0 Å². The summed E-state index contributed by atoms with van der Waals surface area (Å²) < 4.78 is 11.6. The average Bonchev–Trinajstić information content (AvgIpc) is 2.93. The van der Waals surface area contributed by atoms with Gasteiger partial charge in [0.15, 0.2) is 0 Å². The summed E-state index contributed by atoms with van der Waals surface area (Å²) in [5.41, 5.74) is 6.46. The van der Waals surface area contributed by atoms with E-state index < -0.39 is 0 Å². The van der Waals surface area contributed by atoms with E-state index in [1.165, 1.54) is 24.3 Å². The van der Waals surface area contributed by atoms with Gasteiger partial charge >= 0.3 is 0 Å². The van der Waals surface area contributed by atoms with Crippen LogP contribution in [0.4, 0.5) is 0 Å². The van der Waals surface area contributed by atoms with Gasteiger partial charge in [-0.15, -0.1) is 0 Å². The Hall–Kier alpha value is -0.450. The van der Waals surface area contributed by atoms with Gasteiger partial charge < -0.3 is 14.9 Å². The van der Waals surface area contributed by atoms with Crippen LogP contribution in [-0.2, 0) is 4.74 Å². The van der Waals surface area contributed by atoms with Crippen molar-refractivity contribution >= 4 is 11.8 Å². The van der Waals surface area contributed by atoms with Crippen LogP contribution in [0.25, 0.3) is 0 Å². The zero-order valence-corrected chi connectivity index (χ0v) is 11.5. The largest absolute Gasteiger partial charge is 0.468 e. The van der Waals surface area contributed by atoms with Crippen LogP contribution in [0.3, 0.4) is 0 Å². The first-order valence-electron chi connectivity index (χ1n) is 6.80. The summed E-state index contributed by atoms with van der Waals surface area (Å²) >= 11 is 2.04. The lowest BCUT2D eigenvalue weighted by molar-refractivity contribution is -0.106. The molecular formula is C14H21NO2S. The van der Waals surface area contributed by atoms with Gasteiger partial charge in [0.2, 0.25) is 0 Å². The summed E-state index contributed by atoms with van der Waals surface area (Å²) in [7, 11) is 0. The molecule has 0 amide bonds. The summed E-state index contributed by atoms with van der Waals surface area (Å²) in [4.78, 5) is 0. The second kappa shape index (κ2) is 5.27. The van der Waals surface area contributed by atoms with Crippen molar-refractivity contribution in [1.29, 1.82) is 0 Å². The fourth-order valence-electron chi connectivity index (χ4n) is 3.18. The van der Waals surface area contributed by atoms with Crippen molar-refractivity contribution in [2.45, 2.75) is 37.3 Å². The number of furan rings is 1. The first kappa shape index (κ1) is 12.6. The molecule has 4 heteroatoms. The van der Waals surface area contributed by atoms with Gasteiger partial charge in [-0.3, -0.25) is 0 Å². The first-order valence-corrected chi connectivity index (χ1v) is 7.95. The van der Waals surface area contributed by atoms with Gasteiger partial charge in [0, 0.05) is 6.61 Å². The van der Waals surface area contributed by atoms with Gasteiger partial charge in [-0.2, -0.15) is 11.8 Å². The quantitative estimate of drug-likeness (QED) is 0.895. The highest BCUT2D eigenvalue weighted by molar-refractivity contribution is 7.99. The highest BCUT2D eigenvalue weighted by Gasteiger charge is 2.41. The van der Waals surface area contributed by atoms with Gasteiger partial charge in [-0.1, -0.05) is 0 Å². The second-order valence-corrected chi connectivity index (χ2v) is 6.66. The lowest BCUT2D eigenvalue weighted by Crippen LogP contribution is -2.45. The molecule has 0 saturated carbocycles. The molecule has 1 aromatic rings. The third-order valence-electron chi connectivity index (χ3n) is 4.31. The molecule has 1 aromatic heterocycles. The molecule has 2 atom stereocenters. The van der Waals surface area contributed by atoms with Crippen LogP contribution in [0.5, 0.6) is 0 Å². The molecule has 3 nitrogen and oxygen atoms in total. The van der Waals surface area contributed by atoms with Crippen LogP contribution in [0, 0.1) is 5.92 Å². The molecule has 0 aliphatic carbocycles. The van der Waals surface area contributed by atoms with Gasteiger partial charge in [0.1, 0.15) is 5.76 Å². The summed E-state index contributed by atoms with van der Waals surface area (Å²) in [5, 5.41) is 0. The summed E-state index contributed by atoms with van der Waals surface area (Å²) in [5.74, 6) is 3.86. The van der Waals surface area contributed by atoms with Crippen molar-refractivity contribution in [3.05, 3.63) is 24.2 Å². The van der Waals surface area contributed by atoms with E-state index in [1.807, 2.05) is 23.9 Å². The molecule has 3 heterocycles. The summed E-state index contributed by atoms with van der Waals surface area (Å²) in [6.45, 7) is 0.851. The van der Waals surface area contributed by atoms with E-state index in [0.29, 0.717) is 5.92 Å². The SMILES string of the molecule is NC(c1ccco1)C1CCOC2(CCSCC2)C1. The van der Waals surface area contributed by atoms with E-state index in [0.717, 1.165) is 25.2 Å². The predicted molar refractivity (Wildman–Crippen MR) is 73.6 cm³/mol. The molecule has 2 saturated heterocycles. The van der Waals surface area contributed by atoms with E-state index in [2.05, 4.69) is 0 Å². The lowest BCUT2D eigenvalue weighted by atomic mass is 9.78. The average molecular weight is 267 g/mol. The molecule has 2 unspecified atom stereocenters. The smallest absolute Gasteiger partial charge is 0.120 e. The molecule has 100 valence electrons. The first-order chi connectivity index (χ1) is 8.79. The number of thioether (sulfide) groups is 1. The molecule has 1 spiro atoms. The van der Waals surface area contributed by atoms with Crippen LogP contribution < -0.4 is 5.73 Å². The summed E-state index contributed by atoms with van der Waals surface area (Å²) in [6, 6.07) is 3.93. The third-order valence-corrected chi connectivity index (χ3v) is 5.30. The van der Waals surface area contributed by atoms with Gasteiger partial charge in [-0.05, 0) is 55.2 Å². The molecule has 2 aliphatic heterocycles. The van der Waals surface area contributed by atoms with Crippen molar-refractivity contribution in [2.75, 3.05) is 18.1 Å². The van der Waals surface area contributed by atoms with E-state index in [4.69, 9.17) is 14.9 Å². The fraction of sp³-hybridized carbons (Fsp3) is 0.714. The third kappa shape index (κ3) is 2.46. The molecule has 0 bridgehead atoms. The minimum atomic E-state index is 0.0235. The molecule has 18 heavy (non-hydrogen) atoms. The minimum absolute atomic E-state index is 0.0235. The van der Waals surface area contributed by atoms with Crippen LogP contribution in [0.2, 0.25) is 0 Å². The number of rotatable bonds is 2. The Kier molecular flexibility index (Phi) is 3.68. The van der Waals surface area contributed by atoms with Crippen molar-refractivity contribution in [3.8, 4) is 0 Å². The molecule has 0 radical (unpaired) electrons. The van der Waals surface area contributed by atoms with Gasteiger partial charge in [-0.25, -0.2) is 0 Å². The highest BCUT2D eigenvalue weighted by atomic mass is 32.2. The topological polar surface area (TPSA) is 48.4 Å². The molecule has 0 aromatic carbocycles. The fourth-order valence-corrected chi connectivity index (χ4v) is 4.41. The Bertz CT molecular complexity index is 368. The molecule has 2 aliphatic rings. The second-order valence-electron chi connectivity index (χ2n) is 5.44. The Morgan fingerprint density at radius 1 is 1.39 bits per heavy atom. The maximum absolute atomic E-state index is 6.35. The van der Waals surface area contributed by atoms with Crippen molar-refractivity contribution in [3.63, 3.8) is 0 Å². The lowest BCUT2D eigenvalue weighted by Gasteiger charge is -2.44. The van der Waals surface area contributed by atoms with Crippen LogP contribution in [0.15, 0.2) is 22.8 Å². The maximum Gasteiger partial charge on any atom is 0.120 e. The Morgan fingerprint density at radius 3 is 2.94 bits per heavy atom. The number of nitrogens with two attached hydrogens (primary N) is 1. The van der Waals surface area contributed by atoms with Crippen LogP contribution >= 0.6 is 11.8 Å². The zero-order chi connectivity index (χ0) is 12.4. The number of hydrogen-bond acceptors (Lipinski definition) is 4. The summed E-state index contributed by atoms with van der Waals surface area (Å²) in [6.07, 6.45) is 6.21. The standard InChI is InChI=1S/C14H21NO2S/c15-13(12-2-1-6-16-12)11-3-7-17-14(10-11)4-8-18-9-5-14/h1-2,6,11,13H,3-5,7-10,15H2. The van der Waals surface area contributed by atoms with E-state index in [9.17, 15) is 0 Å². The maximum atomic E-state index is 6.35. The Labute approximate surface area is 112 Å². The number of hydrogen-bond donors (Lipinski definition) is 1. The molecule has 2 N–H and O–H groups in total. The van der Waals surface area contributed by atoms with E-state index >= 15 is 0 Å². The van der Waals surface area contributed by atoms with Crippen molar-refractivity contribution in [2.24, 2.45) is 11.7 Å². The van der Waals surface area contributed by atoms with E-state index in [1.54, 1.807) is 6.26 Å². The van der Waals surface area contributed by atoms with Crippen LogP contribution in [0.1, 0.15) is 37.5 Å². The highest BCUT2D eigenvalue weighted by Crippen LogP contribution is 2.42. The van der Waals surface area contributed by atoms with Gasteiger partial charge in [0.25, 0.3) is 0 Å². The van der Waals surface area contributed by atoms with Crippen LogP contribution in [-0.4, -0.2) is 23.7 Å². The molecular weight excluding hydrogens is 246 g/mol. The van der Waals surface area contributed by atoms with Gasteiger partial charge in [0.05, 0.1) is 17.9 Å². The Balaban J connectivity index is 1.70.